The Labute approximate surface area is 133 Å². The Morgan fingerprint density at radius 3 is 2.23 bits per heavy atom. The summed E-state index contributed by atoms with van der Waals surface area (Å²) in [7, 11) is 0. The fourth-order valence-electron chi connectivity index (χ4n) is 2.88. The maximum atomic E-state index is 12.2. The van der Waals surface area contributed by atoms with Gasteiger partial charge in [0.05, 0.1) is 25.2 Å². The molecular weight excluding hydrogens is 274 g/mol. The molecule has 0 aromatic heterocycles. The summed E-state index contributed by atoms with van der Waals surface area (Å²) in [6.07, 6.45) is 0. The summed E-state index contributed by atoms with van der Waals surface area (Å²) < 4.78 is 6.47. The topological polar surface area (TPSA) is 26.3 Å². The van der Waals surface area contributed by atoms with Crippen LogP contribution in [0.4, 0.5) is 0 Å². The van der Waals surface area contributed by atoms with E-state index in [2.05, 4.69) is 20.8 Å². The number of carbonyl (C=O) groups is 1. The number of esters is 1. The quantitative estimate of drug-likeness (QED) is 0.573. The minimum Gasteiger partial charge on any atom is -0.456 e. The normalized spacial score (nSPS) is 11.6. The van der Waals surface area contributed by atoms with Gasteiger partial charge in [0.15, 0.2) is 0 Å². The van der Waals surface area contributed by atoms with E-state index < -0.39 is 0 Å². The summed E-state index contributed by atoms with van der Waals surface area (Å²) in [5.41, 5.74) is 0.626. The highest BCUT2D eigenvalue weighted by molar-refractivity contribution is 5.95. The first-order valence-corrected chi connectivity index (χ1v) is 8.15. The third kappa shape index (κ3) is 3.66. The Balaban J connectivity index is 1.99. The molecule has 2 rings (SSSR count). The van der Waals surface area contributed by atoms with Crippen LogP contribution in [0.2, 0.25) is 0 Å². The van der Waals surface area contributed by atoms with E-state index in [0.29, 0.717) is 12.2 Å². The number of fused-ring (bicyclic) bond motifs is 1. The van der Waals surface area contributed by atoms with Crippen molar-refractivity contribution in [2.45, 2.75) is 20.8 Å². The molecule has 0 aliphatic heterocycles. The predicted octanol–water partition coefficient (Wildman–Crippen LogP) is 3.87. The van der Waals surface area contributed by atoms with Gasteiger partial charge in [0.25, 0.3) is 0 Å². The van der Waals surface area contributed by atoms with Gasteiger partial charge in [-0.25, -0.2) is 4.79 Å². The van der Waals surface area contributed by atoms with Crippen molar-refractivity contribution in [3.05, 3.63) is 48.0 Å². The average molecular weight is 300 g/mol. The molecule has 0 heterocycles. The van der Waals surface area contributed by atoms with Crippen molar-refractivity contribution in [2.75, 3.05) is 32.8 Å². The molecule has 0 radical (unpaired) electrons. The van der Waals surface area contributed by atoms with Gasteiger partial charge >= 0.3 is 5.97 Å². The maximum absolute atomic E-state index is 12.2. The van der Waals surface area contributed by atoms with Crippen molar-refractivity contribution in [1.82, 2.24) is 0 Å². The van der Waals surface area contributed by atoms with Crippen LogP contribution in [0, 0.1) is 0 Å². The van der Waals surface area contributed by atoms with E-state index in [4.69, 9.17) is 4.74 Å². The van der Waals surface area contributed by atoms with Gasteiger partial charge < -0.3 is 9.22 Å². The predicted molar refractivity (Wildman–Crippen MR) is 91.0 cm³/mol. The van der Waals surface area contributed by atoms with Crippen LogP contribution in [-0.4, -0.2) is 43.2 Å². The Kier molecular flexibility index (Phi) is 5.56. The summed E-state index contributed by atoms with van der Waals surface area (Å²) >= 11 is 0. The maximum Gasteiger partial charge on any atom is 0.338 e. The van der Waals surface area contributed by atoms with Crippen LogP contribution in [0.15, 0.2) is 42.5 Å². The van der Waals surface area contributed by atoms with Crippen LogP contribution in [0.5, 0.6) is 0 Å². The molecule has 0 saturated heterocycles. The lowest BCUT2D eigenvalue weighted by Gasteiger charge is -2.35. The second kappa shape index (κ2) is 7.41. The van der Waals surface area contributed by atoms with Crippen LogP contribution < -0.4 is 0 Å². The second-order valence-corrected chi connectivity index (χ2v) is 5.71. The number of carbonyl (C=O) groups excluding carboxylic acids is 1. The van der Waals surface area contributed by atoms with E-state index in [1.807, 2.05) is 42.5 Å². The molecule has 0 unspecified atom stereocenters. The summed E-state index contributed by atoms with van der Waals surface area (Å²) in [4.78, 5) is 12.2. The smallest absolute Gasteiger partial charge is 0.338 e. The number of likely N-dealkylation sites (N-methyl/N-ethyl adjacent to an activating group) is 1. The molecular formula is C19H26NO2+. The third-order valence-corrected chi connectivity index (χ3v) is 4.80. The number of rotatable bonds is 7. The summed E-state index contributed by atoms with van der Waals surface area (Å²) in [5.74, 6) is -0.229. The zero-order chi connectivity index (χ0) is 16.0. The first-order valence-electron chi connectivity index (χ1n) is 8.15. The van der Waals surface area contributed by atoms with E-state index in [1.54, 1.807) is 0 Å². The van der Waals surface area contributed by atoms with Crippen LogP contribution in [-0.2, 0) is 4.74 Å². The lowest BCUT2D eigenvalue weighted by Crippen LogP contribution is -2.49. The molecule has 0 N–H and O–H groups in total. The highest BCUT2D eigenvalue weighted by Gasteiger charge is 2.21. The number of quaternary nitrogens is 1. The van der Waals surface area contributed by atoms with Crippen molar-refractivity contribution in [2.24, 2.45) is 0 Å². The lowest BCUT2D eigenvalue weighted by molar-refractivity contribution is -0.923. The number of hydrogen-bond donors (Lipinski definition) is 0. The monoisotopic (exact) mass is 300 g/mol. The molecule has 0 amide bonds. The van der Waals surface area contributed by atoms with Crippen molar-refractivity contribution < 1.29 is 14.0 Å². The number of nitrogens with zero attached hydrogens (tertiary/aromatic N) is 1. The highest BCUT2D eigenvalue weighted by Crippen LogP contribution is 2.16. The van der Waals surface area contributed by atoms with Gasteiger partial charge in [-0.05, 0) is 43.7 Å². The molecule has 2 aromatic rings. The molecule has 0 saturated carbocycles. The molecule has 118 valence electrons. The average Bonchev–Trinajstić information content (AvgIpc) is 2.58. The molecule has 2 aromatic carbocycles. The molecule has 3 nitrogen and oxygen atoms in total. The first kappa shape index (κ1) is 16.5. The minimum atomic E-state index is -0.229. The molecule has 0 spiro atoms. The minimum absolute atomic E-state index is 0.229. The molecule has 0 aliphatic rings. The van der Waals surface area contributed by atoms with Crippen molar-refractivity contribution >= 4 is 16.7 Å². The van der Waals surface area contributed by atoms with Gasteiger partial charge in [-0.15, -0.1) is 0 Å². The van der Waals surface area contributed by atoms with Gasteiger partial charge in [-0.3, -0.25) is 0 Å². The zero-order valence-electron chi connectivity index (χ0n) is 13.8. The lowest BCUT2D eigenvalue weighted by atomic mass is 10.1. The molecule has 3 heteroatoms. The van der Waals surface area contributed by atoms with Crippen molar-refractivity contribution in [3.8, 4) is 0 Å². The number of ether oxygens (including phenoxy) is 1. The van der Waals surface area contributed by atoms with Gasteiger partial charge in [-0.2, -0.15) is 0 Å². The Bertz CT molecular complexity index is 624. The van der Waals surface area contributed by atoms with Gasteiger partial charge in [0, 0.05) is 0 Å². The van der Waals surface area contributed by atoms with Crippen LogP contribution in [0.25, 0.3) is 10.8 Å². The summed E-state index contributed by atoms with van der Waals surface area (Å²) in [5, 5.41) is 2.20. The van der Waals surface area contributed by atoms with Crippen LogP contribution in [0.1, 0.15) is 31.1 Å². The van der Waals surface area contributed by atoms with Crippen LogP contribution >= 0.6 is 0 Å². The van der Waals surface area contributed by atoms with Gasteiger partial charge in [0.2, 0.25) is 0 Å². The Hall–Kier alpha value is -1.87. The summed E-state index contributed by atoms with van der Waals surface area (Å²) in [6, 6.07) is 13.7. The van der Waals surface area contributed by atoms with E-state index in [0.717, 1.165) is 41.4 Å². The summed E-state index contributed by atoms with van der Waals surface area (Å²) in [6.45, 7) is 11.1. The van der Waals surface area contributed by atoms with Crippen molar-refractivity contribution in [3.63, 3.8) is 0 Å². The highest BCUT2D eigenvalue weighted by atomic mass is 16.5. The number of hydrogen-bond acceptors (Lipinski definition) is 2. The van der Waals surface area contributed by atoms with E-state index in [1.165, 1.54) is 0 Å². The molecule has 22 heavy (non-hydrogen) atoms. The molecule has 0 atom stereocenters. The van der Waals surface area contributed by atoms with Gasteiger partial charge in [-0.1, -0.05) is 30.3 Å². The standard InChI is InChI=1S/C19H26NO2/c1-4-20(5-2,6-3)13-14-22-19(21)18-12-11-16-9-7-8-10-17(16)15-18/h7-12,15H,4-6,13-14H2,1-3H3/q+1. The number of benzene rings is 2. The molecule has 0 aliphatic carbocycles. The van der Waals surface area contributed by atoms with E-state index in [-0.39, 0.29) is 5.97 Å². The Morgan fingerprint density at radius 1 is 0.955 bits per heavy atom. The van der Waals surface area contributed by atoms with Gasteiger partial charge in [0.1, 0.15) is 13.2 Å². The largest absolute Gasteiger partial charge is 0.456 e. The second-order valence-electron chi connectivity index (χ2n) is 5.71. The SMILES string of the molecule is CC[N+](CC)(CC)CCOC(=O)c1ccc2ccccc2c1. The third-order valence-electron chi connectivity index (χ3n) is 4.80. The fourth-order valence-corrected chi connectivity index (χ4v) is 2.88. The van der Waals surface area contributed by atoms with E-state index in [9.17, 15) is 4.79 Å². The van der Waals surface area contributed by atoms with Crippen LogP contribution in [0.3, 0.4) is 0 Å². The molecule has 0 bridgehead atoms. The first-order chi connectivity index (χ1) is 10.6. The zero-order valence-corrected chi connectivity index (χ0v) is 13.8. The van der Waals surface area contributed by atoms with E-state index >= 15 is 0 Å². The fraction of sp³-hybridized carbons (Fsp3) is 0.421. The molecule has 0 fully saturated rings. The Morgan fingerprint density at radius 2 is 1.59 bits per heavy atom. The van der Waals surface area contributed by atoms with Crippen molar-refractivity contribution in [1.29, 1.82) is 0 Å².